The van der Waals surface area contributed by atoms with Crippen molar-refractivity contribution in [1.29, 1.82) is 0 Å². The normalized spacial score (nSPS) is 22.0. The number of carboxylic acid groups (broad SMARTS) is 1. The van der Waals surface area contributed by atoms with Crippen molar-refractivity contribution in [2.45, 2.75) is 26.1 Å². The van der Waals surface area contributed by atoms with Gasteiger partial charge >= 0.3 is 12.0 Å². The van der Waals surface area contributed by atoms with Crippen molar-refractivity contribution < 1.29 is 19.4 Å². The number of aromatic carboxylic acids is 1. The van der Waals surface area contributed by atoms with Gasteiger partial charge in [-0.25, -0.2) is 9.59 Å². The second kappa shape index (κ2) is 6.44. The Bertz CT molecular complexity index is 554. The minimum absolute atomic E-state index is 0.00247. The molecule has 0 bridgehead atoms. The van der Waals surface area contributed by atoms with E-state index in [-0.39, 0.29) is 23.8 Å². The van der Waals surface area contributed by atoms with Gasteiger partial charge in [-0.05, 0) is 48.0 Å². The molecule has 0 radical (unpaired) electrons. The number of amides is 2. The number of rotatable bonds is 2. The number of carbonyl (C=O) groups excluding carboxylic acids is 1. The van der Waals surface area contributed by atoms with Crippen LogP contribution in [0.3, 0.4) is 0 Å². The van der Waals surface area contributed by atoms with Crippen LogP contribution in [-0.2, 0) is 4.74 Å². The third kappa shape index (κ3) is 3.95. The number of nitrogens with one attached hydrogen (secondary N) is 1. The van der Waals surface area contributed by atoms with E-state index < -0.39 is 5.97 Å². The van der Waals surface area contributed by atoms with Crippen LogP contribution in [0.15, 0.2) is 22.7 Å². The number of morpholine rings is 1. The molecule has 0 aromatic heterocycles. The summed E-state index contributed by atoms with van der Waals surface area (Å²) in [6.07, 6.45) is -0.00495. The summed E-state index contributed by atoms with van der Waals surface area (Å²) in [4.78, 5) is 24.8. The molecule has 0 saturated carbocycles. The zero-order valence-electron chi connectivity index (χ0n) is 11.8. The Balaban J connectivity index is 2.07. The molecule has 6 nitrogen and oxygen atoms in total. The standard InChI is InChI=1S/C14H17BrN2O4/c1-8-6-17(7-9(2)21-8)14(20)16-12-4-3-10(13(18)19)5-11(12)15/h3-5,8-9H,6-7H2,1-2H3,(H,16,20)(H,18,19). The Labute approximate surface area is 131 Å². The maximum absolute atomic E-state index is 12.3. The summed E-state index contributed by atoms with van der Waals surface area (Å²) in [5, 5.41) is 11.7. The Morgan fingerprint density at radius 2 is 1.95 bits per heavy atom. The van der Waals surface area contributed by atoms with Gasteiger partial charge in [-0.15, -0.1) is 0 Å². The van der Waals surface area contributed by atoms with Crippen LogP contribution in [-0.4, -0.2) is 47.3 Å². The number of hydrogen-bond donors (Lipinski definition) is 2. The van der Waals surface area contributed by atoms with Crippen LogP contribution in [0.25, 0.3) is 0 Å². The van der Waals surface area contributed by atoms with E-state index in [1.807, 2.05) is 13.8 Å². The van der Waals surface area contributed by atoms with Crippen molar-refractivity contribution in [3.63, 3.8) is 0 Å². The molecular formula is C14H17BrN2O4. The molecule has 1 fully saturated rings. The zero-order chi connectivity index (χ0) is 15.6. The Kier molecular flexibility index (Phi) is 4.84. The van der Waals surface area contributed by atoms with Gasteiger partial charge < -0.3 is 20.1 Å². The van der Waals surface area contributed by atoms with Gasteiger partial charge in [-0.3, -0.25) is 0 Å². The molecule has 1 aromatic carbocycles. The summed E-state index contributed by atoms with van der Waals surface area (Å²) in [5.74, 6) is -1.01. The lowest BCUT2D eigenvalue weighted by atomic mass is 10.2. The molecular weight excluding hydrogens is 340 g/mol. The lowest BCUT2D eigenvalue weighted by Gasteiger charge is -2.35. The highest BCUT2D eigenvalue weighted by Crippen LogP contribution is 2.24. The predicted octanol–water partition coefficient (Wildman–Crippen LogP) is 2.79. The lowest BCUT2D eigenvalue weighted by molar-refractivity contribution is -0.0530. The van der Waals surface area contributed by atoms with Crippen molar-refractivity contribution in [3.8, 4) is 0 Å². The summed E-state index contributed by atoms with van der Waals surface area (Å²) in [6, 6.07) is 4.26. The topological polar surface area (TPSA) is 78.9 Å². The van der Waals surface area contributed by atoms with Gasteiger partial charge in [-0.1, -0.05) is 0 Å². The second-order valence-electron chi connectivity index (χ2n) is 5.09. The van der Waals surface area contributed by atoms with Crippen LogP contribution in [0.4, 0.5) is 10.5 Å². The molecule has 1 aromatic rings. The van der Waals surface area contributed by atoms with E-state index >= 15 is 0 Å². The van der Waals surface area contributed by atoms with Crippen LogP contribution in [0.1, 0.15) is 24.2 Å². The third-order valence-electron chi connectivity index (χ3n) is 3.16. The van der Waals surface area contributed by atoms with Crippen LogP contribution in [0.5, 0.6) is 0 Å². The number of carboxylic acids is 1. The van der Waals surface area contributed by atoms with Crippen LogP contribution >= 0.6 is 15.9 Å². The van der Waals surface area contributed by atoms with Crippen LogP contribution < -0.4 is 5.32 Å². The summed E-state index contributed by atoms with van der Waals surface area (Å²) < 4.78 is 6.12. The first-order chi connectivity index (χ1) is 9.86. The largest absolute Gasteiger partial charge is 0.478 e. The first-order valence-electron chi connectivity index (χ1n) is 6.61. The van der Waals surface area contributed by atoms with Gasteiger partial charge in [0, 0.05) is 17.6 Å². The first kappa shape index (κ1) is 15.8. The average Bonchev–Trinajstić information content (AvgIpc) is 2.39. The van der Waals surface area contributed by atoms with Gasteiger partial charge in [0.15, 0.2) is 0 Å². The minimum Gasteiger partial charge on any atom is -0.478 e. The highest BCUT2D eigenvalue weighted by atomic mass is 79.9. The Morgan fingerprint density at radius 1 is 1.33 bits per heavy atom. The molecule has 2 N–H and O–H groups in total. The number of carbonyl (C=O) groups is 2. The minimum atomic E-state index is -1.01. The molecule has 2 unspecified atom stereocenters. The quantitative estimate of drug-likeness (QED) is 0.853. The SMILES string of the molecule is CC1CN(C(=O)Nc2ccc(C(=O)O)cc2Br)CC(C)O1. The van der Waals surface area contributed by atoms with Crippen molar-refractivity contribution in [3.05, 3.63) is 28.2 Å². The molecule has 7 heteroatoms. The average molecular weight is 357 g/mol. The fourth-order valence-electron chi connectivity index (χ4n) is 2.29. The molecule has 0 spiro atoms. The van der Waals surface area contributed by atoms with E-state index in [1.165, 1.54) is 12.1 Å². The molecule has 2 atom stereocenters. The monoisotopic (exact) mass is 356 g/mol. The number of nitrogens with zero attached hydrogens (tertiary/aromatic N) is 1. The molecule has 1 aliphatic rings. The van der Waals surface area contributed by atoms with Gasteiger partial charge in [-0.2, -0.15) is 0 Å². The summed E-state index contributed by atoms with van der Waals surface area (Å²) in [5.41, 5.74) is 0.699. The summed E-state index contributed by atoms with van der Waals surface area (Å²) in [6.45, 7) is 4.91. The van der Waals surface area contributed by atoms with Gasteiger partial charge in [0.1, 0.15) is 0 Å². The Hall–Kier alpha value is -1.60. The second-order valence-corrected chi connectivity index (χ2v) is 5.95. The molecule has 2 amide bonds. The molecule has 1 heterocycles. The molecule has 21 heavy (non-hydrogen) atoms. The van der Waals surface area contributed by atoms with E-state index in [4.69, 9.17) is 9.84 Å². The smallest absolute Gasteiger partial charge is 0.335 e. The van der Waals surface area contributed by atoms with E-state index in [1.54, 1.807) is 11.0 Å². The molecule has 1 aliphatic heterocycles. The highest BCUT2D eigenvalue weighted by Gasteiger charge is 2.26. The van der Waals surface area contributed by atoms with Crippen molar-refractivity contribution in [2.24, 2.45) is 0 Å². The summed E-state index contributed by atoms with van der Waals surface area (Å²) in [7, 11) is 0. The predicted molar refractivity (Wildman–Crippen MR) is 81.7 cm³/mol. The zero-order valence-corrected chi connectivity index (χ0v) is 13.4. The molecule has 114 valence electrons. The van der Waals surface area contributed by atoms with Gasteiger partial charge in [0.25, 0.3) is 0 Å². The number of ether oxygens (including phenoxy) is 1. The van der Waals surface area contributed by atoms with Gasteiger partial charge in [0.2, 0.25) is 0 Å². The van der Waals surface area contributed by atoms with Crippen molar-refractivity contribution in [2.75, 3.05) is 18.4 Å². The fourth-order valence-corrected chi connectivity index (χ4v) is 2.77. The molecule has 1 saturated heterocycles. The number of urea groups is 1. The fraction of sp³-hybridized carbons (Fsp3) is 0.429. The van der Waals surface area contributed by atoms with Crippen LogP contribution in [0.2, 0.25) is 0 Å². The maximum Gasteiger partial charge on any atom is 0.335 e. The number of hydrogen-bond acceptors (Lipinski definition) is 3. The van der Waals surface area contributed by atoms with E-state index in [2.05, 4.69) is 21.2 Å². The van der Waals surface area contributed by atoms with Crippen LogP contribution in [0, 0.1) is 0 Å². The molecule has 0 aliphatic carbocycles. The summed E-state index contributed by atoms with van der Waals surface area (Å²) >= 11 is 3.27. The number of anilines is 1. The lowest BCUT2D eigenvalue weighted by Crippen LogP contribution is -2.49. The van der Waals surface area contributed by atoms with E-state index in [0.717, 1.165) is 0 Å². The number of benzene rings is 1. The van der Waals surface area contributed by atoms with Gasteiger partial charge in [0.05, 0.1) is 23.5 Å². The Morgan fingerprint density at radius 3 is 2.48 bits per heavy atom. The van der Waals surface area contributed by atoms with E-state index in [0.29, 0.717) is 23.2 Å². The van der Waals surface area contributed by atoms with E-state index in [9.17, 15) is 9.59 Å². The van der Waals surface area contributed by atoms with Crippen molar-refractivity contribution >= 4 is 33.6 Å². The molecule has 2 rings (SSSR count). The van der Waals surface area contributed by atoms with Crippen molar-refractivity contribution in [1.82, 2.24) is 4.90 Å². The third-order valence-corrected chi connectivity index (χ3v) is 3.82. The number of halogens is 1. The first-order valence-corrected chi connectivity index (χ1v) is 7.40. The highest BCUT2D eigenvalue weighted by molar-refractivity contribution is 9.10. The maximum atomic E-state index is 12.3.